The van der Waals surface area contributed by atoms with Crippen LogP contribution in [0, 0.1) is 12.8 Å². The maximum absolute atomic E-state index is 12.6. The average molecular weight is 424 g/mol. The monoisotopic (exact) mass is 423 g/mol. The molecule has 2 N–H and O–H groups in total. The van der Waals surface area contributed by atoms with Crippen LogP contribution in [-0.4, -0.2) is 37.0 Å². The number of sulfonamides is 1. The first-order chi connectivity index (χ1) is 13.2. The summed E-state index contributed by atoms with van der Waals surface area (Å²) in [7, 11) is -3.98. The molecule has 0 radical (unpaired) electrons. The fraction of sp³-hybridized carbons (Fsp3) is 0.412. The lowest BCUT2D eigenvalue weighted by molar-refractivity contribution is -0.119. The summed E-state index contributed by atoms with van der Waals surface area (Å²) in [5.74, 6) is -0.509. The first-order valence-corrected chi connectivity index (χ1v) is 11.1. The van der Waals surface area contributed by atoms with Gasteiger partial charge in [0.25, 0.3) is 14.4 Å². The molecule has 9 nitrogen and oxygen atoms in total. The lowest BCUT2D eigenvalue weighted by Gasteiger charge is -2.19. The van der Waals surface area contributed by atoms with Gasteiger partial charge < -0.3 is 10.2 Å². The Morgan fingerprint density at radius 3 is 2.68 bits per heavy atom. The van der Waals surface area contributed by atoms with Crippen LogP contribution in [0.5, 0.6) is 0 Å². The molecule has 2 heterocycles. The van der Waals surface area contributed by atoms with Crippen LogP contribution in [0.2, 0.25) is 0 Å². The highest BCUT2D eigenvalue weighted by Crippen LogP contribution is 2.30. The number of anilines is 3. The minimum Gasteiger partial charge on any atom is -0.312 e. The van der Waals surface area contributed by atoms with E-state index in [2.05, 4.69) is 20.2 Å². The molecular formula is C17H21N5O4S2. The summed E-state index contributed by atoms with van der Waals surface area (Å²) in [5.41, 5.74) is 1.89. The zero-order valence-electron chi connectivity index (χ0n) is 15.7. The van der Waals surface area contributed by atoms with Crippen molar-refractivity contribution in [3.8, 4) is 0 Å². The number of benzene rings is 1. The SMILES string of the molecule is Cc1ccc(NS(=O)(=O)c2nnc(NC(=O)C(C)C)s2)cc1N1CCCC1=O. The average Bonchev–Trinajstić information content (AvgIpc) is 3.26. The Hall–Kier alpha value is -2.53. The Morgan fingerprint density at radius 2 is 2.04 bits per heavy atom. The number of hydrogen-bond donors (Lipinski definition) is 2. The quantitative estimate of drug-likeness (QED) is 0.688. The summed E-state index contributed by atoms with van der Waals surface area (Å²) in [6.07, 6.45) is 1.27. The molecule has 1 aromatic carbocycles. The van der Waals surface area contributed by atoms with Crippen LogP contribution in [0.3, 0.4) is 0 Å². The van der Waals surface area contributed by atoms with Gasteiger partial charge in [0, 0.05) is 24.6 Å². The fourth-order valence-corrected chi connectivity index (χ4v) is 4.64. The zero-order chi connectivity index (χ0) is 20.5. The number of aryl methyl sites for hydroxylation is 1. The molecule has 0 atom stereocenters. The largest absolute Gasteiger partial charge is 0.312 e. The summed E-state index contributed by atoms with van der Waals surface area (Å²) in [6, 6.07) is 5.02. The van der Waals surface area contributed by atoms with E-state index in [0.29, 0.717) is 24.3 Å². The van der Waals surface area contributed by atoms with E-state index in [-0.39, 0.29) is 27.2 Å². The highest BCUT2D eigenvalue weighted by atomic mass is 32.2. The van der Waals surface area contributed by atoms with Crippen LogP contribution in [0.4, 0.5) is 16.5 Å². The Kier molecular flexibility index (Phi) is 5.66. The van der Waals surface area contributed by atoms with Crippen molar-refractivity contribution in [2.75, 3.05) is 21.5 Å². The summed E-state index contributed by atoms with van der Waals surface area (Å²) >= 11 is 0.769. The summed E-state index contributed by atoms with van der Waals surface area (Å²) in [6.45, 7) is 5.92. The molecule has 150 valence electrons. The number of aromatic nitrogens is 2. The van der Waals surface area contributed by atoms with E-state index in [9.17, 15) is 18.0 Å². The normalized spacial score (nSPS) is 14.6. The zero-order valence-corrected chi connectivity index (χ0v) is 17.4. The van der Waals surface area contributed by atoms with Gasteiger partial charge >= 0.3 is 0 Å². The number of rotatable bonds is 6. The second-order valence-corrected chi connectivity index (χ2v) is 9.61. The molecule has 0 bridgehead atoms. The molecule has 11 heteroatoms. The Bertz CT molecular complexity index is 1020. The van der Waals surface area contributed by atoms with Gasteiger partial charge in [0.15, 0.2) is 0 Å². The third-order valence-electron chi connectivity index (χ3n) is 4.22. The first-order valence-electron chi connectivity index (χ1n) is 8.75. The van der Waals surface area contributed by atoms with Crippen LogP contribution in [-0.2, 0) is 19.6 Å². The maximum Gasteiger partial charge on any atom is 0.291 e. The Balaban J connectivity index is 1.80. The van der Waals surface area contributed by atoms with E-state index in [1.165, 1.54) is 0 Å². The second-order valence-electron chi connectivity index (χ2n) is 6.77. The maximum atomic E-state index is 12.6. The molecule has 2 aromatic rings. The topological polar surface area (TPSA) is 121 Å². The van der Waals surface area contributed by atoms with Gasteiger partial charge in [-0.15, -0.1) is 10.2 Å². The number of carbonyl (C=O) groups excluding carboxylic acids is 2. The van der Waals surface area contributed by atoms with Gasteiger partial charge in [0.05, 0.1) is 5.69 Å². The van der Waals surface area contributed by atoms with Crippen LogP contribution in [0.1, 0.15) is 32.3 Å². The minimum atomic E-state index is -3.98. The first kappa shape index (κ1) is 20.2. The third-order valence-corrected chi connectivity index (χ3v) is 6.80. The van der Waals surface area contributed by atoms with Gasteiger partial charge in [0.1, 0.15) is 0 Å². The van der Waals surface area contributed by atoms with Crippen molar-refractivity contribution in [3.63, 3.8) is 0 Å². The number of carbonyl (C=O) groups is 2. The van der Waals surface area contributed by atoms with Crippen molar-refractivity contribution >= 4 is 49.7 Å². The molecule has 3 rings (SSSR count). The van der Waals surface area contributed by atoms with Crippen molar-refractivity contribution in [2.24, 2.45) is 5.92 Å². The highest BCUT2D eigenvalue weighted by molar-refractivity contribution is 7.94. The Labute approximate surface area is 167 Å². The van der Waals surface area contributed by atoms with Crippen LogP contribution < -0.4 is 14.9 Å². The van der Waals surface area contributed by atoms with Gasteiger partial charge in [0.2, 0.25) is 16.9 Å². The van der Waals surface area contributed by atoms with Crippen molar-refractivity contribution in [1.29, 1.82) is 0 Å². The van der Waals surface area contributed by atoms with E-state index < -0.39 is 10.0 Å². The Morgan fingerprint density at radius 1 is 1.29 bits per heavy atom. The highest BCUT2D eigenvalue weighted by Gasteiger charge is 2.25. The van der Waals surface area contributed by atoms with Gasteiger partial charge in [-0.05, 0) is 31.0 Å². The summed E-state index contributed by atoms with van der Waals surface area (Å²) in [4.78, 5) is 25.4. The lowest BCUT2D eigenvalue weighted by Crippen LogP contribution is -2.24. The predicted molar refractivity (Wildman–Crippen MR) is 107 cm³/mol. The predicted octanol–water partition coefficient (Wildman–Crippen LogP) is 2.37. The van der Waals surface area contributed by atoms with Gasteiger partial charge in [-0.3, -0.25) is 14.3 Å². The molecule has 0 unspecified atom stereocenters. The number of nitrogens with zero attached hydrogens (tertiary/aromatic N) is 3. The molecule has 1 aliphatic rings. The van der Waals surface area contributed by atoms with Crippen molar-refractivity contribution in [2.45, 2.75) is 38.0 Å². The summed E-state index contributed by atoms with van der Waals surface area (Å²) in [5, 5.41) is 10.0. The van der Waals surface area contributed by atoms with Gasteiger partial charge in [-0.25, -0.2) is 0 Å². The lowest BCUT2D eigenvalue weighted by atomic mass is 10.1. The third kappa shape index (κ3) is 4.30. The van der Waals surface area contributed by atoms with Crippen molar-refractivity contribution in [1.82, 2.24) is 10.2 Å². The molecule has 28 heavy (non-hydrogen) atoms. The van der Waals surface area contributed by atoms with E-state index in [1.54, 1.807) is 36.9 Å². The van der Waals surface area contributed by atoms with E-state index in [4.69, 9.17) is 0 Å². The fourth-order valence-electron chi connectivity index (χ4n) is 2.68. The van der Waals surface area contributed by atoms with Gasteiger partial charge in [-0.2, -0.15) is 8.42 Å². The van der Waals surface area contributed by atoms with E-state index in [0.717, 1.165) is 23.3 Å². The standard InChI is InChI=1S/C17H21N5O4S2/c1-10(2)15(24)18-16-19-20-17(27-16)28(25,26)21-12-7-6-11(3)13(9-12)22-8-4-5-14(22)23/h6-7,9-10,21H,4-5,8H2,1-3H3,(H,18,19,24). The van der Waals surface area contributed by atoms with Crippen LogP contribution in [0.15, 0.2) is 22.5 Å². The van der Waals surface area contributed by atoms with Crippen LogP contribution in [0.25, 0.3) is 0 Å². The number of amides is 2. The van der Waals surface area contributed by atoms with E-state index in [1.807, 2.05) is 6.92 Å². The second kappa shape index (κ2) is 7.84. The number of hydrogen-bond acceptors (Lipinski definition) is 7. The molecule has 1 saturated heterocycles. The molecule has 0 aliphatic carbocycles. The van der Waals surface area contributed by atoms with E-state index >= 15 is 0 Å². The molecule has 0 saturated carbocycles. The summed E-state index contributed by atoms with van der Waals surface area (Å²) < 4.78 is 27.4. The minimum absolute atomic E-state index is 0.0257. The van der Waals surface area contributed by atoms with Gasteiger partial charge in [-0.1, -0.05) is 31.3 Å². The molecule has 1 aromatic heterocycles. The molecule has 0 spiro atoms. The molecule has 1 fully saturated rings. The number of nitrogens with one attached hydrogen (secondary N) is 2. The van der Waals surface area contributed by atoms with Crippen molar-refractivity contribution < 1.29 is 18.0 Å². The molecule has 2 amide bonds. The molecule has 1 aliphatic heterocycles. The van der Waals surface area contributed by atoms with Crippen LogP contribution >= 0.6 is 11.3 Å². The molecular weight excluding hydrogens is 402 g/mol. The van der Waals surface area contributed by atoms with Crippen molar-refractivity contribution in [3.05, 3.63) is 23.8 Å². The smallest absolute Gasteiger partial charge is 0.291 e.